The second kappa shape index (κ2) is 4.55. The zero-order valence-electron chi connectivity index (χ0n) is 9.40. The van der Waals surface area contributed by atoms with Crippen LogP contribution < -0.4 is 4.74 Å². The normalized spacial score (nSPS) is 9.78. The molecule has 0 bridgehead atoms. The average Bonchev–Trinajstić information content (AvgIpc) is 2.83. The number of aromatic nitrogens is 2. The Labute approximate surface area is 102 Å². The molecule has 0 amide bonds. The maximum atomic E-state index is 10.7. The first-order valence-corrected chi connectivity index (χ1v) is 4.94. The van der Waals surface area contributed by atoms with Crippen molar-refractivity contribution in [3.05, 3.63) is 46.3 Å². The first kappa shape index (κ1) is 11.6. The van der Waals surface area contributed by atoms with Crippen LogP contribution >= 0.6 is 0 Å². The van der Waals surface area contributed by atoms with Gasteiger partial charge in [-0.2, -0.15) is 5.26 Å². The van der Waals surface area contributed by atoms with Crippen molar-refractivity contribution in [2.75, 3.05) is 7.11 Å². The zero-order valence-corrected chi connectivity index (χ0v) is 9.40. The first-order chi connectivity index (χ1) is 8.65. The minimum atomic E-state index is -0.633. The van der Waals surface area contributed by atoms with E-state index in [-0.39, 0.29) is 11.4 Å². The topological polar surface area (TPSA) is 94.0 Å². The van der Waals surface area contributed by atoms with Gasteiger partial charge in [0.2, 0.25) is 5.69 Å². The lowest BCUT2D eigenvalue weighted by Gasteiger charge is -2.02. The predicted octanol–water partition coefficient (Wildman–Crippen LogP) is 1.66. The number of hydrogen-bond acceptors (Lipinski definition) is 5. The Hall–Kier alpha value is -2.88. The molecule has 18 heavy (non-hydrogen) atoms. The fraction of sp³-hybridized carbons (Fsp3) is 0.0909. The summed E-state index contributed by atoms with van der Waals surface area (Å²) in [7, 11) is 1.54. The van der Waals surface area contributed by atoms with Crippen molar-refractivity contribution >= 4 is 5.69 Å². The van der Waals surface area contributed by atoms with E-state index in [9.17, 15) is 10.1 Å². The number of ether oxygens (including phenoxy) is 1. The van der Waals surface area contributed by atoms with Gasteiger partial charge in [-0.1, -0.05) is 0 Å². The molecule has 0 unspecified atom stereocenters. The molecule has 0 spiro atoms. The molecule has 0 aliphatic carbocycles. The third kappa shape index (κ3) is 1.99. The number of rotatable bonds is 3. The minimum absolute atomic E-state index is 0.212. The van der Waals surface area contributed by atoms with E-state index in [0.29, 0.717) is 11.4 Å². The van der Waals surface area contributed by atoms with E-state index in [2.05, 4.69) is 5.10 Å². The SMILES string of the molecule is COc1ccc(-n2cc([N+](=O)[O-])c(C#N)n2)cc1. The Balaban J connectivity index is 2.45. The van der Waals surface area contributed by atoms with E-state index < -0.39 is 4.92 Å². The number of nitro groups is 1. The number of nitriles is 1. The highest BCUT2D eigenvalue weighted by atomic mass is 16.6. The van der Waals surface area contributed by atoms with E-state index in [1.165, 1.54) is 10.9 Å². The summed E-state index contributed by atoms with van der Waals surface area (Å²) in [4.78, 5) is 10.1. The third-order valence-electron chi connectivity index (χ3n) is 2.33. The van der Waals surface area contributed by atoms with Crippen LogP contribution in [0.4, 0.5) is 5.69 Å². The molecule has 7 heteroatoms. The number of nitrogens with zero attached hydrogens (tertiary/aromatic N) is 4. The molecule has 0 N–H and O–H groups in total. The molecule has 0 aliphatic heterocycles. The van der Waals surface area contributed by atoms with Crippen LogP contribution in [-0.2, 0) is 0 Å². The minimum Gasteiger partial charge on any atom is -0.497 e. The first-order valence-electron chi connectivity index (χ1n) is 4.94. The molecular weight excluding hydrogens is 236 g/mol. The van der Waals surface area contributed by atoms with Crippen LogP contribution in [0.15, 0.2) is 30.5 Å². The molecule has 0 fully saturated rings. The van der Waals surface area contributed by atoms with Gasteiger partial charge in [-0.15, -0.1) is 5.10 Å². The van der Waals surface area contributed by atoms with Crippen LogP contribution in [0, 0.1) is 21.4 Å². The molecule has 0 saturated carbocycles. The quantitative estimate of drug-likeness (QED) is 0.604. The van der Waals surface area contributed by atoms with Crippen LogP contribution in [-0.4, -0.2) is 21.8 Å². The molecule has 1 aromatic carbocycles. The van der Waals surface area contributed by atoms with Gasteiger partial charge in [-0.25, -0.2) is 4.68 Å². The molecule has 0 atom stereocenters. The zero-order chi connectivity index (χ0) is 13.1. The second-order valence-corrected chi connectivity index (χ2v) is 3.37. The molecule has 1 aromatic heterocycles. The van der Waals surface area contributed by atoms with Gasteiger partial charge in [-0.05, 0) is 24.3 Å². The average molecular weight is 244 g/mol. The highest BCUT2D eigenvalue weighted by Crippen LogP contribution is 2.20. The summed E-state index contributed by atoms with van der Waals surface area (Å²) in [5.41, 5.74) is 0.0875. The van der Waals surface area contributed by atoms with E-state index in [0.717, 1.165) is 0 Å². The van der Waals surface area contributed by atoms with Crippen molar-refractivity contribution in [3.8, 4) is 17.5 Å². The molecule has 90 valence electrons. The number of hydrogen-bond donors (Lipinski definition) is 0. The van der Waals surface area contributed by atoms with E-state index in [4.69, 9.17) is 10.00 Å². The van der Waals surface area contributed by atoms with Gasteiger partial charge >= 0.3 is 5.69 Å². The summed E-state index contributed by atoms with van der Waals surface area (Å²) >= 11 is 0. The largest absolute Gasteiger partial charge is 0.497 e. The lowest BCUT2D eigenvalue weighted by atomic mass is 10.3. The monoisotopic (exact) mass is 244 g/mol. The maximum Gasteiger partial charge on any atom is 0.325 e. The van der Waals surface area contributed by atoms with Crippen molar-refractivity contribution in [2.24, 2.45) is 0 Å². The smallest absolute Gasteiger partial charge is 0.325 e. The lowest BCUT2D eigenvalue weighted by molar-refractivity contribution is -0.385. The van der Waals surface area contributed by atoms with Crippen LogP contribution in [0.5, 0.6) is 5.75 Å². The molecule has 0 saturated heterocycles. The summed E-state index contributed by atoms with van der Waals surface area (Å²) in [6.45, 7) is 0. The Morgan fingerprint density at radius 2 is 2.11 bits per heavy atom. The van der Waals surface area contributed by atoms with Crippen LogP contribution in [0.25, 0.3) is 5.69 Å². The van der Waals surface area contributed by atoms with Gasteiger partial charge in [-0.3, -0.25) is 10.1 Å². The Kier molecular flexibility index (Phi) is 2.93. The second-order valence-electron chi connectivity index (χ2n) is 3.37. The van der Waals surface area contributed by atoms with Crippen molar-refractivity contribution in [2.45, 2.75) is 0 Å². The molecule has 7 nitrogen and oxygen atoms in total. The van der Waals surface area contributed by atoms with E-state index in [1.807, 2.05) is 0 Å². The van der Waals surface area contributed by atoms with Gasteiger partial charge < -0.3 is 4.74 Å². The van der Waals surface area contributed by atoms with Gasteiger partial charge in [0, 0.05) is 0 Å². The molecule has 2 rings (SSSR count). The molecule has 0 radical (unpaired) electrons. The van der Waals surface area contributed by atoms with Crippen LogP contribution in [0.1, 0.15) is 5.69 Å². The van der Waals surface area contributed by atoms with Crippen LogP contribution in [0.2, 0.25) is 0 Å². The fourth-order valence-electron chi connectivity index (χ4n) is 1.45. The Morgan fingerprint density at radius 3 is 2.56 bits per heavy atom. The summed E-state index contributed by atoms with van der Waals surface area (Å²) in [5, 5.41) is 23.3. The van der Waals surface area contributed by atoms with Crippen molar-refractivity contribution in [1.29, 1.82) is 5.26 Å². The molecule has 0 aliphatic rings. The van der Waals surface area contributed by atoms with Crippen molar-refractivity contribution in [1.82, 2.24) is 9.78 Å². The predicted molar refractivity (Wildman–Crippen MR) is 61.5 cm³/mol. The van der Waals surface area contributed by atoms with Gasteiger partial charge in [0.1, 0.15) is 18.0 Å². The summed E-state index contributed by atoms with van der Waals surface area (Å²) in [5.74, 6) is 0.668. The van der Waals surface area contributed by atoms with Gasteiger partial charge in [0.15, 0.2) is 0 Å². The summed E-state index contributed by atoms with van der Waals surface area (Å²) in [6.07, 6.45) is 1.21. The number of benzene rings is 1. The van der Waals surface area contributed by atoms with Gasteiger partial charge in [0.05, 0.1) is 17.7 Å². The van der Waals surface area contributed by atoms with E-state index >= 15 is 0 Å². The highest BCUT2D eigenvalue weighted by Gasteiger charge is 2.19. The van der Waals surface area contributed by atoms with Crippen LogP contribution in [0.3, 0.4) is 0 Å². The van der Waals surface area contributed by atoms with Crippen molar-refractivity contribution in [3.63, 3.8) is 0 Å². The standard InChI is InChI=1S/C11H8N4O3/c1-18-9-4-2-8(3-5-9)14-7-11(15(16)17)10(6-12)13-14/h2-5,7H,1H3. The fourth-order valence-corrected chi connectivity index (χ4v) is 1.45. The Morgan fingerprint density at radius 1 is 1.44 bits per heavy atom. The van der Waals surface area contributed by atoms with Crippen molar-refractivity contribution < 1.29 is 9.66 Å². The maximum absolute atomic E-state index is 10.7. The molecule has 1 heterocycles. The number of methoxy groups -OCH3 is 1. The lowest BCUT2D eigenvalue weighted by Crippen LogP contribution is -1.94. The molecular formula is C11H8N4O3. The summed E-state index contributed by atoms with van der Waals surface area (Å²) in [6, 6.07) is 8.48. The summed E-state index contributed by atoms with van der Waals surface area (Å²) < 4.78 is 6.29. The highest BCUT2D eigenvalue weighted by molar-refractivity contribution is 5.45. The third-order valence-corrected chi connectivity index (χ3v) is 2.33. The molecule has 2 aromatic rings. The van der Waals surface area contributed by atoms with Gasteiger partial charge in [0.25, 0.3) is 0 Å². The Bertz CT molecular complexity index is 625. The van der Waals surface area contributed by atoms with E-state index in [1.54, 1.807) is 37.4 Å².